The first-order valence-corrected chi connectivity index (χ1v) is 4.84. The van der Waals surface area contributed by atoms with Crippen molar-refractivity contribution >= 4 is 0 Å². The molecule has 70 valence electrons. The molecule has 0 radical (unpaired) electrons. The Hall–Kier alpha value is -0.860. The molecule has 1 aliphatic heterocycles. The Morgan fingerprint density at radius 3 is 2.85 bits per heavy atom. The summed E-state index contributed by atoms with van der Waals surface area (Å²) >= 11 is 0. The molecule has 1 aliphatic rings. The van der Waals surface area contributed by atoms with Gasteiger partial charge in [0, 0.05) is 13.0 Å². The van der Waals surface area contributed by atoms with Gasteiger partial charge >= 0.3 is 0 Å². The second-order valence-electron chi connectivity index (χ2n) is 3.36. The van der Waals surface area contributed by atoms with E-state index in [-0.39, 0.29) is 6.23 Å². The van der Waals surface area contributed by atoms with Crippen LogP contribution in [-0.4, -0.2) is 19.4 Å². The third-order valence-corrected chi connectivity index (χ3v) is 2.28. The average molecular weight is 177 g/mol. The van der Waals surface area contributed by atoms with Crippen LogP contribution in [0.5, 0.6) is 0 Å². The summed E-state index contributed by atoms with van der Waals surface area (Å²) in [5, 5.41) is 3.35. The molecule has 1 aromatic rings. The molecule has 1 heterocycles. The minimum Gasteiger partial charge on any atom is -0.363 e. The van der Waals surface area contributed by atoms with Gasteiger partial charge in [-0.25, -0.2) is 0 Å². The van der Waals surface area contributed by atoms with Gasteiger partial charge in [0.15, 0.2) is 0 Å². The summed E-state index contributed by atoms with van der Waals surface area (Å²) in [5.74, 6) is 0. The van der Waals surface area contributed by atoms with Crippen molar-refractivity contribution in [2.24, 2.45) is 0 Å². The van der Waals surface area contributed by atoms with E-state index < -0.39 is 0 Å². The third kappa shape index (κ3) is 2.54. The molecular formula is C11H15NO. The van der Waals surface area contributed by atoms with Crippen LogP contribution in [0, 0.1) is 0 Å². The topological polar surface area (TPSA) is 21.3 Å². The zero-order valence-electron chi connectivity index (χ0n) is 7.70. The highest BCUT2D eigenvalue weighted by molar-refractivity contribution is 5.15. The van der Waals surface area contributed by atoms with Gasteiger partial charge < -0.3 is 4.74 Å². The van der Waals surface area contributed by atoms with E-state index in [0.29, 0.717) is 0 Å². The van der Waals surface area contributed by atoms with Crippen LogP contribution in [0.1, 0.15) is 12.0 Å². The summed E-state index contributed by atoms with van der Waals surface area (Å²) in [7, 11) is 0. The number of nitrogens with one attached hydrogen (secondary N) is 1. The van der Waals surface area contributed by atoms with E-state index in [1.54, 1.807) is 0 Å². The Kier molecular flexibility index (Phi) is 2.95. The van der Waals surface area contributed by atoms with Gasteiger partial charge in [0.05, 0.1) is 0 Å². The monoisotopic (exact) mass is 177 g/mol. The average Bonchev–Trinajstić information content (AvgIpc) is 2.21. The minimum absolute atomic E-state index is 0.219. The largest absolute Gasteiger partial charge is 0.363 e. The Morgan fingerprint density at radius 2 is 2.15 bits per heavy atom. The maximum absolute atomic E-state index is 5.57. The summed E-state index contributed by atoms with van der Waals surface area (Å²) in [5.41, 5.74) is 1.34. The highest BCUT2D eigenvalue weighted by Crippen LogP contribution is 2.06. The molecular weight excluding hydrogens is 162 g/mol. The summed E-state index contributed by atoms with van der Waals surface area (Å²) in [6.07, 6.45) is 2.32. The molecule has 2 rings (SSSR count). The first kappa shape index (κ1) is 8.73. The second-order valence-corrected chi connectivity index (χ2v) is 3.36. The van der Waals surface area contributed by atoms with E-state index in [0.717, 1.165) is 26.0 Å². The van der Waals surface area contributed by atoms with Crippen LogP contribution in [0.2, 0.25) is 0 Å². The van der Waals surface area contributed by atoms with Gasteiger partial charge in [-0.3, -0.25) is 5.32 Å². The molecule has 0 aromatic heterocycles. The highest BCUT2D eigenvalue weighted by Gasteiger charge is 2.12. The Labute approximate surface area is 78.9 Å². The third-order valence-electron chi connectivity index (χ3n) is 2.28. The fourth-order valence-corrected chi connectivity index (χ4v) is 1.58. The predicted molar refractivity (Wildman–Crippen MR) is 52.5 cm³/mol. The molecule has 1 atom stereocenters. The lowest BCUT2D eigenvalue weighted by Crippen LogP contribution is -2.39. The summed E-state index contributed by atoms with van der Waals surface area (Å²) in [6.45, 7) is 1.97. The normalized spacial score (nSPS) is 22.9. The van der Waals surface area contributed by atoms with E-state index in [4.69, 9.17) is 4.74 Å². The van der Waals surface area contributed by atoms with Gasteiger partial charge in [0.1, 0.15) is 6.23 Å². The molecule has 1 N–H and O–H groups in total. The SMILES string of the molecule is c1ccc(CC2NCCCO2)cc1. The summed E-state index contributed by atoms with van der Waals surface area (Å²) in [4.78, 5) is 0. The van der Waals surface area contributed by atoms with Gasteiger partial charge in [-0.15, -0.1) is 0 Å². The van der Waals surface area contributed by atoms with Gasteiger partial charge in [-0.1, -0.05) is 30.3 Å². The number of hydrogen-bond donors (Lipinski definition) is 1. The van der Waals surface area contributed by atoms with Crippen molar-refractivity contribution in [1.29, 1.82) is 0 Å². The molecule has 0 spiro atoms. The van der Waals surface area contributed by atoms with Gasteiger partial charge in [0.2, 0.25) is 0 Å². The molecule has 1 fully saturated rings. The van der Waals surface area contributed by atoms with Crippen LogP contribution in [0.4, 0.5) is 0 Å². The van der Waals surface area contributed by atoms with Crippen LogP contribution < -0.4 is 5.32 Å². The number of benzene rings is 1. The predicted octanol–water partition coefficient (Wildman–Crippen LogP) is 1.57. The minimum atomic E-state index is 0.219. The molecule has 1 aromatic carbocycles. The Bertz CT molecular complexity index is 242. The van der Waals surface area contributed by atoms with Crippen LogP contribution in [0.3, 0.4) is 0 Å². The molecule has 1 unspecified atom stereocenters. The van der Waals surface area contributed by atoms with Crippen molar-refractivity contribution in [2.45, 2.75) is 19.1 Å². The molecule has 2 heteroatoms. The fraction of sp³-hybridized carbons (Fsp3) is 0.455. The first-order valence-electron chi connectivity index (χ1n) is 4.84. The maximum Gasteiger partial charge on any atom is 0.112 e. The number of hydrogen-bond acceptors (Lipinski definition) is 2. The second kappa shape index (κ2) is 4.40. The molecule has 0 bridgehead atoms. The first-order chi connectivity index (χ1) is 6.45. The fourth-order valence-electron chi connectivity index (χ4n) is 1.58. The number of ether oxygens (including phenoxy) is 1. The Balaban J connectivity index is 1.90. The smallest absolute Gasteiger partial charge is 0.112 e. The molecule has 0 aliphatic carbocycles. The lowest BCUT2D eigenvalue weighted by Gasteiger charge is -2.24. The van der Waals surface area contributed by atoms with E-state index in [9.17, 15) is 0 Å². The van der Waals surface area contributed by atoms with Crippen LogP contribution in [-0.2, 0) is 11.2 Å². The molecule has 1 saturated heterocycles. The van der Waals surface area contributed by atoms with Crippen LogP contribution in [0.25, 0.3) is 0 Å². The van der Waals surface area contributed by atoms with Gasteiger partial charge in [-0.2, -0.15) is 0 Å². The van der Waals surface area contributed by atoms with E-state index in [2.05, 4.69) is 29.6 Å². The van der Waals surface area contributed by atoms with E-state index in [1.807, 2.05) is 6.07 Å². The molecule has 0 saturated carbocycles. The zero-order chi connectivity index (χ0) is 8.93. The van der Waals surface area contributed by atoms with Crippen molar-refractivity contribution in [2.75, 3.05) is 13.2 Å². The summed E-state index contributed by atoms with van der Waals surface area (Å²) in [6, 6.07) is 10.5. The summed E-state index contributed by atoms with van der Waals surface area (Å²) < 4.78 is 5.57. The molecule has 2 nitrogen and oxygen atoms in total. The Morgan fingerprint density at radius 1 is 1.31 bits per heavy atom. The van der Waals surface area contributed by atoms with E-state index in [1.165, 1.54) is 5.56 Å². The lowest BCUT2D eigenvalue weighted by molar-refractivity contribution is 0.00195. The van der Waals surface area contributed by atoms with Crippen molar-refractivity contribution in [3.63, 3.8) is 0 Å². The standard InChI is InChI=1S/C11H15NO/c1-2-5-10(6-3-1)9-11-12-7-4-8-13-11/h1-3,5-6,11-12H,4,7-9H2. The van der Waals surface area contributed by atoms with Crippen molar-refractivity contribution < 1.29 is 4.74 Å². The van der Waals surface area contributed by atoms with E-state index >= 15 is 0 Å². The highest BCUT2D eigenvalue weighted by atomic mass is 16.5. The maximum atomic E-state index is 5.57. The quantitative estimate of drug-likeness (QED) is 0.740. The molecule has 13 heavy (non-hydrogen) atoms. The zero-order valence-corrected chi connectivity index (χ0v) is 7.70. The number of rotatable bonds is 2. The van der Waals surface area contributed by atoms with Crippen molar-refractivity contribution in [1.82, 2.24) is 5.32 Å². The van der Waals surface area contributed by atoms with Crippen molar-refractivity contribution in [3.05, 3.63) is 35.9 Å². The van der Waals surface area contributed by atoms with Crippen molar-refractivity contribution in [3.8, 4) is 0 Å². The van der Waals surface area contributed by atoms with Gasteiger partial charge in [-0.05, 0) is 18.5 Å². The van der Waals surface area contributed by atoms with Crippen LogP contribution >= 0.6 is 0 Å². The van der Waals surface area contributed by atoms with Gasteiger partial charge in [0.25, 0.3) is 0 Å². The lowest BCUT2D eigenvalue weighted by atomic mass is 10.1. The molecule has 0 amide bonds. The van der Waals surface area contributed by atoms with Crippen LogP contribution in [0.15, 0.2) is 30.3 Å².